The van der Waals surface area contributed by atoms with Crippen molar-refractivity contribution < 1.29 is 8.42 Å². The van der Waals surface area contributed by atoms with Gasteiger partial charge in [0.2, 0.25) is 10.0 Å². The summed E-state index contributed by atoms with van der Waals surface area (Å²) >= 11 is 1.56. The highest BCUT2D eigenvalue weighted by atomic mass is 32.2. The van der Waals surface area contributed by atoms with Crippen LogP contribution in [-0.2, 0) is 10.0 Å². The Morgan fingerprint density at radius 1 is 1.24 bits per heavy atom. The van der Waals surface area contributed by atoms with E-state index in [2.05, 4.69) is 5.10 Å². The van der Waals surface area contributed by atoms with Crippen molar-refractivity contribution in [1.82, 2.24) is 4.41 Å². The van der Waals surface area contributed by atoms with E-state index in [0.29, 0.717) is 6.42 Å². The first-order valence-electron chi connectivity index (χ1n) is 6.63. The van der Waals surface area contributed by atoms with Crippen LogP contribution in [0.4, 0.5) is 0 Å². The van der Waals surface area contributed by atoms with Crippen molar-refractivity contribution >= 4 is 27.1 Å². The molecule has 0 bridgehead atoms. The van der Waals surface area contributed by atoms with Gasteiger partial charge >= 0.3 is 0 Å². The Labute approximate surface area is 128 Å². The molecule has 0 fully saturated rings. The Morgan fingerprint density at radius 3 is 2.62 bits per heavy atom. The van der Waals surface area contributed by atoms with Gasteiger partial charge in [0.15, 0.2) is 0 Å². The third kappa shape index (κ3) is 2.73. The lowest BCUT2D eigenvalue weighted by Gasteiger charge is -2.19. The molecular formula is C15H16N2O2S2. The number of hydrogen-bond acceptors (Lipinski definition) is 4. The van der Waals surface area contributed by atoms with Crippen LogP contribution < -0.4 is 0 Å². The van der Waals surface area contributed by atoms with E-state index in [1.54, 1.807) is 11.3 Å². The summed E-state index contributed by atoms with van der Waals surface area (Å²) in [5.74, 6) is 0. The largest absolute Gasteiger partial charge is 0.247 e. The van der Waals surface area contributed by atoms with Crippen LogP contribution in [0.3, 0.4) is 0 Å². The lowest BCUT2D eigenvalue weighted by molar-refractivity contribution is 0.379. The fourth-order valence-electron chi connectivity index (χ4n) is 2.55. The van der Waals surface area contributed by atoms with Crippen LogP contribution in [0.25, 0.3) is 0 Å². The van der Waals surface area contributed by atoms with Gasteiger partial charge in [-0.3, -0.25) is 0 Å². The number of thiophene rings is 1. The maximum atomic E-state index is 12.0. The molecule has 0 spiro atoms. The van der Waals surface area contributed by atoms with E-state index in [1.807, 2.05) is 48.7 Å². The molecule has 1 unspecified atom stereocenters. The second-order valence-corrected chi connectivity index (χ2v) is 7.95. The average molecular weight is 320 g/mol. The second-order valence-electron chi connectivity index (χ2n) is 5.13. The quantitative estimate of drug-likeness (QED) is 0.872. The summed E-state index contributed by atoms with van der Waals surface area (Å²) in [5, 5.41) is 6.36. The third-order valence-electron chi connectivity index (χ3n) is 3.54. The molecule has 0 aliphatic carbocycles. The van der Waals surface area contributed by atoms with Crippen molar-refractivity contribution in [2.75, 3.05) is 6.26 Å². The van der Waals surface area contributed by atoms with Gasteiger partial charge in [0, 0.05) is 16.9 Å². The Morgan fingerprint density at radius 2 is 2.00 bits per heavy atom. The minimum Gasteiger partial charge on any atom is -0.205 e. The standard InChI is InChI=1S/C15H16N2O2S2/c1-11-6-3-4-7-12(11)13-10-14(15-8-5-9-20-15)17(16-13)21(2,18)19/h3-9,14H,10H2,1-2H3. The first kappa shape index (κ1) is 14.3. The lowest BCUT2D eigenvalue weighted by atomic mass is 9.99. The number of rotatable bonds is 3. The van der Waals surface area contributed by atoms with Crippen molar-refractivity contribution in [1.29, 1.82) is 0 Å². The van der Waals surface area contributed by atoms with Crippen LogP contribution in [0.1, 0.15) is 28.5 Å². The van der Waals surface area contributed by atoms with Crippen LogP contribution in [0.2, 0.25) is 0 Å². The highest BCUT2D eigenvalue weighted by Gasteiger charge is 2.35. The number of benzene rings is 1. The van der Waals surface area contributed by atoms with E-state index < -0.39 is 10.0 Å². The van der Waals surface area contributed by atoms with Crippen LogP contribution >= 0.6 is 11.3 Å². The van der Waals surface area contributed by atoms with Crippen molar-refractivity contribution in [3.05, 3.63) is 57.8 Å². The summed E-state index contributed by atoms with van der Waals surface area (Å²) < 4.78 is 25.3. The molecule has 0 radical (unpaired) electrons. The van der Waals surface area contributed by atoms with E-state index in [0.717, 1.165) is 21.7 Å². The SMILES string of the molecule is Cc1ccccc1C1=NN(S(C)(=O)=O)C(c2cccs2)C1. The van der Waals surface area contributed by atoms with Gasteiger partial charge in [0.05, 0.1) is 12.0 Å². The van der Waals surface area contributed by atoms with Gasteiger partial charge in [-0.25, -0.2) is 8.42 Å². The van der Waals surface area contributed by atoms with E-state index in [4.69, 9.17) is 0 Å². The van der Waals surface area contributed by atoms with Gasteiger partial charge < -0.3 is 0 Å². The molecular weight excluding hydrogens is 304 g/mol. The molecule has 0 N–H and O–H groups in total. The van der Waals surface area contributed by atoms with Gasteiger partial charge in [-0.2, -0.15) is 9.52 Å². The number of aryl methyl sites for hydroxylation is 1. The summed E-state index contributed by atoms with van der Waals surface area (Å²) in [4.78, 5) is 1.02. The Hall–Kier alpha value is -1.66. The minimum atomic E-state index is -3.38. The van der Waals surface area contributed by atoms with Crippen molar-refractivity contribution in [2.24, 2.45) is 5.10 Å². The summed E-state index contributed by atoms with van der Waals surface area (Å²) in [6.07, 6.45) is 1.82. The van der Waals surface area contributed by atoms with E-state index in [9.17, 15) is 8.42 Å². The predicted molar refractivity (Wildman–Crippen MR) is 86.1 cm³/mol. The molecule has 2 aromatic rings. The van der Waals surface area contributed by atoms with Crippen LogP contribution in [0.15, 0.2) is 46.9 Å². The Kier molecular flexibility index (Phi) is 3.59. The lowest BCUT2D eigenvalue weighted by Crippen LogP contribution is -2.25. The molecule has 110 valence electrons. The Balaban J connectivity index is 2.04. The molecule has 2 heterocycles. The van der Waals surface area contributed by atoms with Gasteiger partial charge in [-0.15, -0.1) is 11.3 Å². The molecule has 21 heavy (non-hydrogen) atoms. The minimum absolute atomic E-state index is 0.227. The molecule has 0 saturated carbocycles. The molecule has 1 aliphatic rings. The highest BCUT2D eigenvalue weighted by molar-refractivity contribution is 7.88. The van der Waals surface area contributed by atoms with Crippen molar-refractivity contribution in [3.63, 3.8) is 0 Å². The first-order chi connectivity index (χ1) is 9.97. The Bertz CT molecular complexity index is 780. The van der Waals surface area contributed by atoms with E-state index >= 15 is 0 Å². The summed E-state index contributed by atoms with van der Waals surface area (Å²) in [5.41, 5.74) is 2.96. The van der Waals surface area contributed by atoms with Gasteiger partial charge in [0.25, 0.3) is 0 Å². The molecule has 0 amide bonds. The van der Waals surface area contributed by atoms with E-state index in [1.165, 1.54) is 10.7 Å². The topological polar surface area (TPSA) is 49.7 Å². The number of hydrogen-bond donors (Lipinski definition) is 0. The summed E-state index contributed by atoms with van der Waals surface area (Å²) in [6.45, 7) is 2.01. The predicted octanol–water partition coefficient (Wildman–Crippen LogP) is 3.17. The van der Waals surface area contributed by atoms with Gasteiger partial charge in [0.1, 0.15) is 6.04 Å². The first-order valence-corrected chi connectivity index (χ1v) is 9.36. The average Bonchev–Trinajstić information content (AvgIpc) is 3.07. The van der Waals surface area contributed by atoms with Crippen molar-refractivity contribution in [2.45, 2.75) is 19.4 Å². The monoisotopic (exact) mass is 320 g/mol. The fourth-order valence-corrected chi connectivity index (χ4v) is 4.32. The highest BCUT2D eigenvalue weighted by Crippen LogP contribution is 2.36. The molecule has 0 saturated heterocycles. The maximum Gasteiger partial charge on any atom is 0.247 e. The maximum absolute atomic E-state index is 12.0. The zero-order valence-corrected chi connectivity index (χ0v) is 13.5. The normalized spacial score (nSPS) is 18.9. The fraction of sp³-hybridized carbons (Fsp3) is 0.267. The number of hydrazone groups is 1. The van der Waals surface area contributed by atoms with Gasteiger partial charge in [-0.05, 0) is 23.9 Å². The van der Waals surface area contributed by atoms with Crippen LogP contribution in [0, 0.1) is 6.92 Å². The molecule has 1 aromatic heterocycles. The van der Waals surface area contributed by atoms with Crippen LogP contribution in [0.5, 0.6) is 0 Å². The zero-order valence-electron chi connectivity index (χ0n) is 11.9. The number of sulfonamides is 1. The smallest absolute Gasteiger partial charge is 0.205 e. The van der Waals surface area contributed by atoms with Crippen molar-refractivity contribution in [3.8, 4) is 0 Å². The molecule has 1 atom stereocenters. The molecule has 6 heteroatoms. The number of nitrogens with zero attached hydrogens (tertiary/aromatic N) is 2. The summed E-state index contributed by atoms with van der Waals surface area (Å²) in [7, 11) is -3.38. The third-order valence-corrected chi connectivity index (χ3v) is 5.53. The van der Waals surface area contributed by atoms with Crippen LogP contribution in [-0.4, -0.2) is 24.8 Å². The molecule has 1 aromatic carbocycles. The second kappa shape index (κ2) is 5.27. The summed E-state index contributed by atoms with van der Waals surface area (Å²) in [6, 6.07) is 11.6. The molecule has 4 nitrogen and oxygen atoms in total. The van der Waals surface area contributed by atoms with E-state index in [-0.39, 0.29) is 6.04 Å². The zero-order chi connectivity index (χ0) is 15.0. The molecule has 3 rings (SSSR count). The molecule has 1 aliphatic heterocycles. The van der Waals surface area contributed by atoms with Gasteiger partial charge in [-0.1, -0.05) is 30.3 Å².